The molecule has 1 unspecified atom stereocenters. The highest BCUT2D eigenvalue weighted by Gasteiger charge is 2.26. The molecule has 1 rings (SSSR count). The van der Waals surface area contributed by atoms with Crippen LogP contribution in [0.5, 0.6) is 0 Å². The van der Waals surface area contributed by atoms with E-state index in [4.69, 9.17) is 4.74 Å². The molecule has 0 aromatic rings. The van der Waals surface area contributed by atoms with Gasteiger partial charge in [-0.05, 0) is 51.3 Å². The molecule has 94 valence electrons. The number of piperidine rings is 1. The molecule has 3 nitrogen and oxygen atoms in total. The summed E-state index contributed by atoms with van der Waals surface area (Å²) < 4.78 is 5.09. The molecule has 0 N–H and O–H groups in total. The molecular weight excluding hydrogens is 222 g/mol. The number of ether oxygens (including phenoxy) is 1. The van der Waals surface area contributed by atoms with E-state index in [9.17, 15) is 4.79 Å². The average molecular weight is 245 g/mol. The molecule has 1 atom stereocenters. The van der Waals surface area contributed by atoms with Gasteiger partial charge >= 0.3 is 5.97 Å². The standard InChI is InChI=1S/C12H23NO2S/c1-3-15-12(14)11-6-4-7-13(10-11)8-5-9-16-2/h11H,3-10H2,1-2H3. The Labute approximate surface area is 103 Å². The monoisotopic (exact) mass is 245 g/mol. The quantitative estimate of drug-likeness (QED) is 0.529. The van der Waals surface area contributed by atoms with Crippen LogP contribution < -0.4 is 0 Å². The molecule has 0 radical (unpaired) electrons. The molecule has 1 saturated heterocycles. The Balaban J connectivity index is 2.26. The summed E-state index contributed by atoms with van der Waals surface area (Å²) in [5.74, 6) is 1.32. The van der Waals surface area contributed by atoms with Crippen LogP contribution in [0.25, 0.3) is 0 Å². The van der Waals surface area contributed by atoms with Crippen LogP contribution in [0.1, 0.15) is 26.2 Å². The van der Waals surface area contributed by atoms with E-state index < -0.39 is 0 Å². The number of carbonyl (C=O) groups is 1. The lowest BCUT2D eigenvalue weighted by Gasteiger charge is -2.31. The van der Waals surface area contributed by atoms with Crippen molar-refractivity contribution in [3.8, 4) is 0 Å². The predicted molar refractivity (Wildman–Crippen MR) is 68.8 cm³/mol. The Bertz CT molecular complexity index is 211. The maximum Gasteiger partial charge on any atom is 0.310 e. The minimum Gasteiger partial charge on any atom is -0.466 e. The summed E-state index contributed by atoms with van der Waals surface area (Å²) in [6.07, 6.45) is 5.48. The number of hydrogen-bond acceptors (Lipinski definition) is 4. The van der Waals surface area contributed by atoms with Gasteiger partial charge in [-0.2, -0.15) is 11.8 Å². The van der Waals surface area contributed by atoms with Crippen molar-refractivity contribution in [1.29, 1.82) is 0 Å². The molecule has 0 spiro atoms. The number of likely N-dealkylation sites (tertiary alicyclic amines) is 1. The molecule has 1 heterocycles. The largest absolute Gasteiger partial charge is 0.466 e. The van der Waals surface area contributed by atoms with E-state index in [1.807, 2.05) is 18.7 Å². The minimum absolute atomic E-state index is 0.00272. The minimum atomic E-state index is -0.00272. The van der Waals surface area contributed by atoms with Gasteiger partial charge in [0.2, 0.25) is 0 Å². The molecule has 0 aliphatic carbocycles. The zero-order valence-electron chi connectivity index (χ0n) is 10.4. The molecule has 1 aliphatic rings. The van der Waals surface area contributed by atoms with Crippen LogP contribution in [-0.2, 0) is 9.53 Å². The summed E-state index contributed by atoms with van der Waals surface area (Å²) in [5.41, 5.74) is 0. The molecule has 1 fully saturated rings. The first-order chi connectivity index (χ1) is 7.77. The second-order valence-electron chi connectivity index (χ2n) is 4.24. The lowest BCUT2D eigenvalue weighted by Crippen LogP contribution is -2.39. The smallest absolute Gasteiger partial charge is 0.310 e. The van der Waals surface area contributed by atoms with Crippen molar-refractivity contribution in [1.82, 2.24) is 4.90 Å². The molecular formula is C12H23NO2S. The molecule has 16 heavy (non-hydrogen) atoms. The number of carbonyl (C=O) groups excluding carboxylic acids is 1. The highest BCUT2D eigenvalue weighted by molar-refractivity contribution is 7.98. The van der Waals surface area contributed by atoms with Gasteiger partial charge in [0.05, 0.1) is 12.5 Å². The van der Waals surface area contributed by atoms with Crippen molar-refractivity contribution in [2.45, 2.75) is 26.2 Å². The fraction of sp³-hybridized carbons (Fsp3) is 0.917. The Hall–Kier alpha value is -0.220. The van der Waals surface area contributed by atoms with Gasteiger partial charge in [-0.25, -0.2) is 0 Å². The fourth-order valence-corrected chi connectivity index (χ4v) is 2.56. The zero-order valence-corrected chi connectivity index (χ0v) is 11.2. The zero-order chi connectivity index (χ0) is 11.8. The van der Waals surface area contributed by atoms with Crippen LogP contribution in [0, 0.1) is 5.92 Å². The Morgan fingerprint density at radius 3 is 3.06 bits per heavy atom. The molecule has 0 aromatic carbocycles. The van der Waals surface area contributed by atoms with Gasteiger partial charge < -0.3 is 9.64 Å². The van der Waals surface area contributed by atoms with E-state index in [2.05, 4.69) is 11.2 Å². The second kappa shape index (κ2) is 7.96. The van der Waals surface area contributed by atoms with Crippen LogP contribution >= 0.6 is 11.8 Å². The Kier molecular flexibility index (Phi) is 6.88. The second-order valence-corrected chi connectivity index (χ2v) is 5.22. The summed E-state index contributed by atoms with van der Waals surface area (Å²) in [6, 6.07) is 0. The van der Waals surface area contributed by atoms with Crippen molar-refractivity contribution >= 4 is 17.7 Å². The fourth-order valence-electron chi connectivity index (χ4n) is 2.14. The first-order valence-electron chi connectivity index (χ1n) is 6.15. The van der Waals surface area contributed by atoms with E-state index in [-0.39, 0.29) is 11.9 Å². The van der Waals surface area contributed by atoms with E-state index in [0.29, 0.717) is 6.61 Å². The van der Waals surface area contributed by atoms with Gasteiger partial charge in [0.15, 0.2) is 0 Å². The molecule has 0 aromatic heterocycles. The van der Waals surface area contributed by atoms with E-state index in [1.54, 1.807) is 0 Å². The van der Waals surface area contributed by atoms with Gasteiger partial charge in [-0.3, -0.25) is 4.79 Å². The molecule has 0 saturated carbocycles. The van der Waals surface area contributed by atoms with Gasteiger partial charge in [-0.15, -0.1) is 0 Å². The van der Waals surface area contributed by atoms with Crippen molar-refractivity contribution in [3.63, 3.8) is 0 Å². The van der Waals surface area contributed by atoms with Crippen molar-refractivity contribution < 1.29 is 9.53 Å². The lowest BCUT2D eigenvalue weighted by molar-refractivity contribution is -0.149. The highest BCUT2D eigenvalue weighted by Crippen LogP contribution is 2.18. The van der Waals surface area contributed by atoms with E-state index in [1.165, 1.54) is 12.2 Å². The molecule has 0 amide bonds. The first kappa shape index (κ1) is 13.8. The number of thioether (sulfide) groups is 1. The third kappa shape index (κ3) is 4.74. The van der Waals surface area contributed by atoms with Gasteiger partial charge in [0.25, 0.3) is 0 Å². The molecule has 4 heteroatoms. The molecule has 1 aliphatic heterocycles. The number of nitrogens with zero attached hydrogens (tertiary/aromatic N) is 1. The lowest BCUT2D eigenvalue weighted by atomic mass is 9.98. The maximum atomic E-state index is 11.6. The van der Waals surface area contributed by atoms with E-state index >= 15 is 0 Å². The van der Waals surface area contributed by atoms with Gasteiger partial charge in [0.1, 0.15) is 0 Å². The highest BCUT2D eigenvalue weighted by atomic mass is 32.2. The SMILES string of the molecule is CCOC(=O)C1CCCN(CCCSC)C1. The van der Waals surface area contributed by atoms with Crippen molar-refractivity contribution in [2.24, 2.45) is 5.92 Å². The first-order valence-corrected chi connectivity index (χ1v) is 7.55. The molecule has 0 bridgehead atoms. The van der Waals surface area contributed by atoms with Gasteiger partial charge in [0, 0.05) is 6.54 Å². The number of hydrogen-bond donors (Lipinski definition) is 0. The normalized spacial score (nSPS) is 22.0. The number of rotatable bonds is 6. The van der Waals surface area contributed by atoms with Gasteiger partial charge in [-0.1, -0.05) is 0 Å². The predicted octanol–water partition coefficient (Wildman–Crippen LogP) is 2.01. The Morgan fingerprint density at radius 2 is 2.38 bits per heavy atom. The summed E-state index contributed by atoms with van der Waals surface area (Å²) in [4.78, 5) is 14.0. The van der Waals surface area contributed by atoms with Crippen LogP contribution in [0.15, 0.2) is 0 Å². The van der Waals surface area contributed by atoms with Crippen LogP contribution in [-0.4, -0.2) is 49.1 Å². The van der Waals surface area contributed by atoms with Crippen molar-refractivity contribution in [3.05, 3.63) is 0 Å². The third-order valence-electron chi connectivity index (χ3n) is 2.95. The van der Waals surface area contributed by atoms with Crippen LogP contribution in [0.4, 0.5) is 0 Å². The van der Waals surface area contributed by atoms with Crippen molar-refractivity contribution in [2.75, 3.05) is 38.2 Å². The average Bonchev–Trinajstić information content (AvgIpc) is 2.30. The topological polar surface area (TPSA) is 29.5 Å². The van der Waals surface area contributed by atoms with Crippen LogP contribution in [0.2, 0.25) is 0 Å². The summed E-state index contributed by atoms with van der Waals surface area (Å²) >= 11 is 1.89. The third-order valence-corrected chi connectivity index (χ3v) is 3.65. The van der Waals surface area contributed by atoms with Crippen LogP contribution in [0.3, 0.4) is 0 Å². The number of esters is 1. The summed E-state index contributed by atoms with van der Waals surface area (Å²) in [7, 11) is 0. The summed E-state index contributed by atoms with van der Waals surface area (Å²) in [6.45, 7) is 5.53. The maximum absolute atomic E-state index is 11.6. The van der Waals surface area contributed by atoms with E-state index in [0.717, 1.165) is 32.5 Å². The Morgan fingerprint density at radius 1 is 1.56 bits per heavy atom. The summed E-state index contributed by atoms with van der Waals surface area (Å²) in [5, 5.41) is 0.